The maximum absolute atomic E-state index is 5.75. The first-order chi connectivity index (χ1) is 14.2. The zero-order chi connectivity index (χ0) is 20.5. The summed E-state index contributed by atoms with van der Waals surface area (Å²) < 4.78 is 16.8. The van der Waals surface area contributed by atoms with Crippen LogP contribution in [0.4, 0.5) is 0 Å². The van der Waals surface area contributed by atoms with Crippen LogP contribution in [-0.2, 0) is 11.3 Å². The van der Waals surface area contributed by atoms with Crippen LogP contribution in [0, 0.1) is 0 Å². The molecule has 2 saturated heterocycles. The number of likely N-dealkylation sites (tertiary alicyclic amines) is 1. The Hall–Kier alpha value is -1.26. The highest BCUT2D eigenvalue weighted by molar-refractivity contribution is 14.0. The Morgan fingerprint density at radius 1 is 1.20 bits per heavy atom. The molecule has 0 radical (unpaired) electrons. The van der Waals surface area contributed by atoms with E-state index in [2.05, 4.69) is 35.0 Å². The number of hydrogen-bond acceptors (Lipinski definition) is 5. The number of halogens is 1. The van der Waals surface area contributed by atoms with Crippen LogP contribution < -0.4 is 14.8 Å². The fourth-order valence-corrected chi connectivity index (χ4v) is 3.91. The van der Waals surface area contributed by atoms with E-state index in [1.54, 1.807) is 7.11 Å². The van der Waals surface area contributed by atoms with E-state index in [9.17, 15) is 0 Å². The van der Waals surface area contributed by atoms with E-state index in [0.29, 0.717) is 19.2 Å². The van der Waals surface area contributed by atoms with E-state index >= 15 is 0 Å². The van der Waals surface area contributed by atoms with Crippen molar-refractivity contribution in [1.29, 1.82) is 0 Å². The largest absolute Gasteiger partial charge is 0.493 e. The van der Waals surface area contributed by atoms with Crippen molar-refractivity contribution in [1.82, 2.24) is 15.1 Å². The minimum Gasteiger partial charge on any atom is -0.493 e. The molecule has 0 aliphatic carbocycles. The molecule has 2 fully saturated rings. The zero-order valence-corrected chi connectivity index (χ0v) is 20.9. The molecule has 1 aromatic carbocycles. The van der Waals surface area contributed by atoms with Crippen LogP contribution in [0.15, 0.2) is 23.2 Å². The van der Waals surface area contributed by atoms with E-state index < -0.39 is 0 Å². The van der Waals surface area contributed by atoms with Crippen LogP contribution >= 0.6 is 24.0 Å². The van der Waals surface area contributed by atoms with Crippen LogP contribution in [0.2, 0.25) is 0 Å². The summed E-state index contributed by atoms with van der Waals surface area (Å²) >= 11 is 0. The highest BCUT2D eigenvalue weighted by atomic mass is 127. The second-order valence-electron chi connectivity index (χ2n) is 7.54. The third-order valence-electron chi connectivity index (χ3n) is 5.46. The van der Waals surface area contributed by atoms with Gasteiger partial charge in [0.15, 0.2) is 17.5 Å². The lowest BCUT2D eigenvalue weighted by atomic mass is 10.2. The number of hydrogen-bond donors (Lipinski definition) is 1. The summed E-state index contributed by atoms with van der Waals surface area (Å²) in [6, 6.07) is 6.67. The predicted molar refractivity (Wildman–Crippen MR) is 131 cm³/mol. The molecule has 3 rings (SSSR count). The van der Waals surface area contributed by atoms with Gasteiger partial charge in [-0.3, -0.25) is 4.90 Å². The number of nitrogens with one attached hydrogen (secondary N) is 1. The molecular weight excluding hydrogens is 495 g/mol. The van der Waals surface area contributed by atoms with Crippen LogP contribution in [0.5, 0.6) is 11.5 Å². The normalized spacial score (nSPS) is 20.0. The van der Waals surface area contributed by atoms with Crippen molar-refractivity contribution in [3.8, 4) is 11.5 Å². The summed E-state index contributed by atoms with van der Waals surface area (Å²) in [5.74, 6) is 2.56. The molecule has 1 atom stereocenters. The molecule has 1 aromatic rings. The third kappa shape index (κ3) is 6.88. The van der Waals surface area contributed by atoms with E-state index in [1.165, 1.54) is 6.42 Å². The minimum atomic E-state index is 0. The Kier molecular flexibility index (Phi) is 11.0. The number of rotatable bonds is 8. The Bertz CT molecular complexity index is 668. The van der Waals surface area contributed by atoms with E-state index in [4.69, 9.17) is 19.2 Å². The molecule has 7 nitrogen and oxygen atoms in total. The van der Waals surface area contributed by atoms with Crippen molar-refractivity contribution in [2.45, 2.75) is 39.3 Å². The predicted octanol–water partition coefficient (Wildman–Crippen LogP) is 2.97. The van der Waals surface area contributed by atoms with Gasteiger partial charge in [0.05, 0.1) is 33.5 Å². The van der Waals surface area contributed by atoms with Gasteiger partial charge < -0.3 is 24.4 Å². The first kappa shape index (κ1) is 25.0. The first-order valence-corrected chi connectivity index (χ1v) is 10.9. The van der Waals surface area contributed by atoms with Crippen LogP contribution in [-0.4, -0.2) is 81.5 Å². The number of morpholine rings is 1. The summed E-state index contributed by atoms with van der Waals surface area (Å²) in [6.07, 6.45) is 2.16. The van der Waals surface area contributed by atoms with Gasteiger partial charge in [-0.15, -0.1) is 24.0 Å². The molecule has 2 aliphatic heterocycles. The smallest absolute Gasteiger partial charge is 0.194 e. The SMILES string of the molecule is CCCOc1ccc(CN=C(NCC)N2CCC(N3CCOCC3)C2)cc1OC.I. The van der Waals surface area contributed by atoms with Crippen LogP contribution in [0.3, 0.4) is 0 Å². The molecule has 0 spiro atoms. The van der Waals surface area contributed by atoms with Gasteiger partial charge in [-0.05, 0) is 37.5 Å². The molecule has 2 aliphatic rings. The average molecular weight is 532 g/mol. The molecule has 1 unspecified atom stereocenters. The minimum absolute atomic E-state index is 0. The number of benzene rings is 1. The van der Waals surface area contributed by atoms with Crippen molar-refractivity contribution in [2.75, 3.05) is 59.7 Å². The molecule has 1 N–H and O–H groups in total. The van der Waals surface area contributed by atoms with Gasteiger partial charge in [0.25, 0.3) is 0 Å². The van der Waals surface area contributed by atoms with E-state index in [1.807, 2.05) is 12.1 Å². The Labute approximate surface area is 198 Å². The molecule has 2 heterocycles. The molecule has 170 valence electrons. The Morgan fingerprint density at radius 3 is 2.70 bits per heavy atom. The number of methoxy groups -OCH3 is 1. The van der Waals surface area contributed by atoms with Gasteiger partial charge in [-0.2, -0.15) is 0 Å². The number of aliphatic imine (C=N–C) groups is 1. The van der Waals surface area contributed by atoms with Crippen LogP contribution in [0.25, 0.3) is 0 Å². The highest BCUT2D eigenvalue weighted by Gasteiger charge is 2.30. The number of ether oxygens (including phenoxy) is 3. The molecule has 0 bridgehead atoms. The van der Waals surface area contributed by atoms with Gasteiger partial charge in [-0.25, -0.2) is 4.99 Å². The van der Waals surface area contributed by atoms with Crippen molar-refractivity contribution in [3.63, 3.8) is 0 Å². The van der Waals surface area contributed by atoms with E-state index in [-0.39, 0.29) is 24.0 Å². The topological polar surface area (TPSA) is 58.6 Å². The van der Waals surface area contributed by atoms with Gasteiger partial charge >= 0.3 is 0 Å². The van der Waals surface area contributed by atoms with Crippen molar-refractivity contribution >= 4 is 29.9 Å². The lowest BCUT2D eigenvalue weighted by molar-refractivity contribution is 0.0195. The maximum Gasteiger partial charge on any atom is 0.194 e. The summed E-state index contributed by atoms with van der Waals surface area (Å²) in [6.45, 7) is 12.2. The van der Waals surface area contributed by atoms with Gasteiger partial charge in [0.1, 0.15) is 0 Å². The highest BCUT2D eigenvalue weighted by Crippen LogP contribution is 2.28. The zero-order valence-electron chi connectivity index (χ0n) is 18.6. The van der Waals surface area contributed by atoms with Crippen LogP contribution in [0.1, 0.15) is 32.3 Å². The fraction of sp³-hybridized carbons (Fsp3) is 0.682. The fourth-order valence-electron chi connectivity index (χ4n) is 3.91. The van der Waals surface area contributed by atoms with Crippen molar-refractivity contribution in [3.05, 3.63) is 23.8 Å². The molecule has 0 amide bonds. The monoisotopic (exact) mass is 532 g/mol. The summed E-state index contributed by atoms with van der Waals surface area (Å²) in [4.78, 5) is 9.86. The summed E-state index contributed by atoms with van der Waals surface area (Å²) in [5, 5.41) is 3.46. The molecule has 0 saturated carbocycles. The molecule has 30 heavy (non-hydrogen) atoms. The van der Waals surface area contributed by atoms with Gasteiger partial charge in [0, 0.05) is 38.8 Å². The quantitative estimate of drug-likeness (QED) is 0.316. The third-order valence-corrected chi connectivity index (χ3v) is 5.46. The standard InChI is InChI=1S/C22H36N4O3.HI/c1-4-12-29-20-7-6-18(15-21(20)27-3)16-24-22(23-5-2)26-9-8-19(17-26)25-10-13-28-14-11-25;/h6-7,15,19H,4-5,8-14,16-17H2,1-3H3,(H,23,24);1H. The summed E-state index contributed by atoms with van der Waals surface area (Å²) in [7, 11) is 1.68. The molecular formula is C22H37IN4O3. The lowest BCUT2D eigenvalue weighted by Crippen LogP contribution is -2.46. The van der Waals surface area contributed by atoms with Gasteiger partial charge in [-0.1, -0.05) is 13.0 Å². The maximum atomic E-state index is 5.75. The molecule has 0 aromatic heterocycles. The first-order valence-electron chi connectivity index (χ1n) is 10.9. The van der Waals surface area contributed by atoms with Crippen molar-refractivity contribution < 1.29 is 14.2 Å². The van der Waals surface area contributed by atoms with Gasteiger partial charge in [0.2, 0.25) is 0 Å². The second-order valence-corrected chi connectivity index (χ2v) is 7.54. The summed E-state index contributed by atoms with van der Waals surface area (Å²) in [5.41, 5.74) is 1.12. The number of guanidine groups is 1. The number of nitrogens with zero attached hydrogens (tertiary/aromatic N) is 3. The Balaban J connectivity index is 0.00000320. The Morgan fingerprint density at radius 2 is 2.00 bits per heavy atom. The second kappa shape index (κ2) is 13.2. The molecule has 8 heteroatoms. The van der Waals surface area contributed by atoms with E-state index in [0.717, 1.165) is 75.4 Å². The lowest BCUT2D eigenvalue weighted by Gasteiger charge is -2.32. The average Bonchev–Trinajstić information content (AvgIpc) is 3.26. The van der Waals surface area contributed by atoms with Crippen molar-refractivity contribution in [2.24, 2.45) is 4.99 Å².